The van der Waals surface area contributed by atoms with Crippen LogP contribution in [0.15, 0.2) is 42.3 Å². The van der Waals surface area contributed by atoms with Gasteiger partial charge < -0.3 is 10.1 Å². The Morgan fingerprint density at radius 2 is 2.35 bits per heavy atom. The monoisotopic (exact) mass is 369 g/mol. The van der Waals surface area contributed by atoms with Crippen LogP contribution in [0.3, 0.4) is 0 Å². The van der Waals surface area contributed by atoms with E-state index < -0.39 is 0 Å². The van der Waals surface area contributed by atoms with Crippen LogP contribution in [0.5, 0.6) is 0 Å². The fourth-order valence-electron chi connectivity index (χ4n) is 3.04. The molecule has 3 aromatic rings. The van der Waals surface area contributed by atoms with E-state index in [1.54, 1.807) is 36.1 Å². The number of nitrogens with one attached hydrogen (secondary N) is 1. The molecule has 1 N–H and O–H groups in total. The van der Waals surface area contributed by atoms with Gasteiger partial charge in [0.1, 0.15) is 6.10 Å². The van der Waals surface area contributed by atoms with Gasteiger partial charge in [-0.1, -0.05) is 6.07 Å². The normalized spacial score (nSPS) is 16.7. The van der Waals surface area contributed by atoms with Crippen LogP contribution >= 0.6 is 11.3 Å². The van der Waals surface area contributed by atoms with Gasteiger partial charge in [0.25, 0.3) is 0 Å². The molecular weight excluding hydrogens is 350 g/mol. The fourth-order valence-corrected chi connectivity index (χ4v) is 3.82. The van der Waals surface area contributed by atoms with Crippen LogP contribution in [0.2, 0.25) is 0 Å². The van der Waals surface area contributed by atoms with Crippen LogP contribution in [0, 0.1) is 0 Å². The van der Waals surface area contributed by atoms with E-state index in [2.05, 4.69) is 26.4 Å². The third-order valence-corrected chi connectivity index (χ3v) is 5.15. The minimum Gasteiger partial charge on any atom is -0.368 e. The molecule has 0 unspecified atom stereocenters. The van der Waals surface area contributed by atoms with Crippen molar-refractivity contribution in [3.8, 4) is 21.8 Å². The predicted octanol–water partition coefficient (Wildman–Crippen LogP) is 2.36. The Bertz CT molecular complexity index is 857. The lowest BCUT2D eigenvalue weighted by Crippen LogP contribution is -2.36. The zero-order valence-electron chi connectivity index (χ0n) is 14.2. The van der Waals surface area contributed by atoms with Gasteiger partial charge in [-0.3, -0.25) is 19.4 Å². The number of ether oxygens (including phenoxy) is 1. The fraction of sp³-hybridized carbons (Fsp3) is 0.333. The molecule has 0 radical (unpaired) electrons. The number of nitrogens with zero attached hydrogens (tertiary/aromatic N) is 4. The second-order valence-corrected chi connectivity index (χ2v) is 6.94. The Hall–Kier alpha value is -2.58. The summed E-state index contributed by atoms with van der Waals surface area (Å²) in [5, 5.41) is 9.50. The number of thiophene rings is 1. The largest absolute Gasteiger partial charge is 0.368 e. The van der Waals surface area contributed by atoms with E-state index in [1.165, 1.54) is 0 Å². The number of rotatable bonds is 6. The SMILES string of the molecule is O=C(NCCn1ncc(-c2cnccn2)c1-c1cccs1)[C@@H]1CCCO1. The van der Waals surface area contributed by atoms with E-state index in [9.17, 15) is 4.79 Å². The molecular formula is C18H19N5O2S. The van der Waals surface area contributed by atoms with E-state index in [0.29, 0.717) is 19.7 Å². The Morgan fingerprint density at radius 1 is 1.38 bits per heavy atom. The molecule has 26 heavy (non-hydrogen) atoms. The molecule has 1 atom stereocenters. The highest BCUT2D eigenvalue weighted by molar-refractivity contribution is 7.13. The first-order valence-electron chi connectivity index (χ1n) is 8.58. The molecule has 4 rings (SSSR count). The molecule has 3 aromatic heterocycles. The highest BCUT2D eigenvalue weighted by atomic mass is 32.1. The molecule has 0 spiro atoms. The highest BCUT2D eigenvalue weighted by Crippen LogP contribution is 2.33. The van der Waals surface area contributed by atoms with E-state index in [-0.39, 0.29) is 12.0 Å². The first-order valence-corrected chi connectivity index (χ1v) is 9.46. The maximum Gasteiger partial charge on any atom is 0.249 e. The van der Waals surface area contributed by atoms with Crippen molar-refractivity contribution in [2.75, 3.05) is 13.2 Å². The van der Waals surface area contributed by atoms with Gasteiger partial charge in [-0.25, -0.2) is 0 Å². The molecule has 1 amide bonds. The molecule has 1 saturated heterocycles. The van der Waals surface area contributed by atoms with Crippen molar-refractivity contribution in [1.82, 2.24) is 25.1 Å². The first kappa shape index (κ1) is 16.9. The molecule has 0 bridgehead atoms. The number of hydrogen-bond acceptors (Lipinski definition) is 6. The molecule has 134 valence electrons. The summed E-state index contributed by atoms with van der Waals surface area (Å²) in [7, 11) is 0. The van der Waals surface area contributed by atoms with Crippen LogP contribution in [0.25, 0.3) is 21.8 Å². The van der Waals surface area contributed by atoms with Gasteiger partial charge in [-0.05, 0) is 24.3 Å². The molecule has 0 saturated carbocycles. The van der Waals surface area contributed by atoms with Crippen LogP contribution in [-0.4, -0.2) is 44.9 Å². The Kier molecular flexibility index (Phi) is 5.03. The van der Waals surface area contributed by atoms with Gasteiger partial charge in [0.2, 0.25) is 5.91 Å². The highest BCUT2D eigenvalue weighted by Gasteiger charge is 2.23. The van der Waals surface area contributed by atoms with Crippen molar-refractivity contribution >= 4 is 17.2 Å². The molecule has 8 heteroatoms. The van der Waals surface area contributed by atoms with Gasteiger partial charge in [0, 0.05) is 31.1 Å². The summed E-state index contributed by atoms with van der Waals surface area (Å²) in [5.41, 5.74) is 2.71. The molecule has 0 aromatic carbocycles. The summed E-state index contributed by atoms with van der Waals surface area (Å²) in [6.45, 7) is 1.74. The van der Waals surface area contributed by atoms with E-state index in [4.69, 9.17) is 4.74 Å². The average Bonchev–Trinajstić information content (AvgIpc) is 3.42. The maximum atomic E-state index is 12.1. The predicted molar refractivity (Wildman–Crippen MR) is 98.5 cm³/mol. The number of aromatic nitrogens is 4. The smallest absolute Gasteiger partial charge is 0.249 e. The lowest BCUT2D eigenvalue weighted by molar-refractivity contribution is -0.130. The van der Waals surface area contributed by atoms with Crippen molar-refractivity contribution < 1.29 is 9.53 Å². The summed E-state index contributed by atoms with van der Waals surface area (Å²) in [6, 6.07) is 4.07. The van der Waals surface area contributed by atoms with Crippen LogP contribution in [-0.2, 0) is 16.1 Å². The summed E-state index contributed by atoms with van der Waals surface area (Å²) in [5.74, 6) is -0.0403. The van der Waals surface area contributed by atoms with Crippen LogP contribution in [0.4, 0.5) is 0 Å². The quantitative estimate of drug-likeness (QED) is 0.721. The molecule has 1 aliphatic heterocycles. The molecule has 7 nitrogen and oxygen atoms in total. The molecule has 1 aliphatic rings. The van der Waals surface area contributed by atoms with Gasteiger partial charge >= 0.3 is 0 Å². The second-order valence-electron chi connectivity index (χ2n) is 5.99. The van der Waals surface area contributed by atoms with E-state index in [0.717, 1.165) is 34.7 Å². The zero-order valence-corrected chi connectivity index (χ0v) is 15.0. The van der Waals surface area contributed by atoms with Crippen molar-refractivity contribution in [3.63, 3.8) is 0 Å². The van der Waals surface area contributed by atoms with Crippen molar-refractivity contribution in [2.45, 2.75) is 25.5 Å². The third kappa shape index (κ3) is 3.51. The molecule has 4 heterocycles. The van der Waals surface area contributed by atoms with Gasteiger partial charge in [0.15, 0.2) is 0 Å². The lowest BCUT2D eigenvalue weighted by atomic mass is 10.1. The Morgan fingerprint density at radius 3 is 3.08 bits per heavy atom. The maximum absolute atomic E-state index is 12.1. The number of hydrogen-bond donors (Lipinski definition) is 1. The number of carbonyl (C=O) groups excluding carboxylic acids is 1. The zero-order chi connectivity index (χ0) is 17.8. The first-order chi connectivity index (χ1) is 12.8. The van der Waals surface area contributed by atoms with Crippen LogP contribution in [0.1, 0.15) is 12.8 Å². The lowest BCUT2D eigenvalue weighted by Gasteiger charge is -2.12. The Labute approximate surface area is 155 Å². The number of amides is 1. The third-order valence-electron chi connectivity index (χ3n) is 4.28. The van der Waals surface area contributed by atoms with Gasteiger partial charge in [-0.15, -0.1) is 11.3 Å². The molecule has 1 fully saturated rings. The van der Waals surface area contributed by atoms with Crippen molar-refractivity contribution in [2.24, 2.45) is 0 Å². The topological polar surface area (TPSA) is 81.9 Å². The average molecular weight is 369 g/mol. The summed E-state index contributed by atoms with van der Waals surface area (Å²) >= 11 is 1.65. The van der Waals surface area contributed by atoms with Crippen molar-refractivity contribution in [3.05, 3.63) is 42.3 Å². The molecule has 0 aliphatic carbocycles. The Balaban J connectivity index is 1.52. The second kappa shape index (κ2) is 7.76. The van der Waals surface area contributed by atoms with Gasteiger partial charge in [-0.2, -0.15) is 5.10 Å². The van der Waals surface area contributed by atoms with E-state index in [1.807, 2.05) is 16.1 Å². The van der Waals surface area contributed by atoms with Gasteiger partial charge in [0.05, 0.1) is 35.2 Å². The summed E-state index contributed by atoms with van der Waals surface area (Å²) in [4.78, 5) is 21.8. The van der Waals surface area contributed by atoms with Crippen molar-refractivity contribution in [1.29, 1.82) is 0 Å². The van der Waals surface area contributed by atoms with Crippen LogP contribution < -0.4 is 5.32 Å². The number of carbonyl (C=O) groups is 1. The minimum atomic E-state index is -0.306. The summed E-state index contributed by atoms with van der Waals surface area (Å²) in [6.07, 6.45) is 8.30. The van der Waals surface area contributed by atoms with E-state index >= 15 is 0 Å². The minimum absolute atomic E-state index is 0.0403. The standard InChI is InChI=1S/C18H19N5O2S/c24-18(15-3-1-9-25-15)21-7-8-23-17(16-4-2-10-26-16)13(11-22-23)14-12-19-5-6-20-14/h2,4-6,10-12,15H,1,3,7-9H2,(H,21,24)/t15-/m0/s1. The summed E-state index contributed by atoms with van der Waals surface area (Å²) < 4.78 is 7.32.